The molecule has 3 unspecified atom stereocenters. The van der Waals surface area contributed by atoms with Crippen molar-refractivity contribution in [3.8, 4) is 0 Å². The van der Waals surface area contributed by atoms with Crippen LogP contribution >= 0.6 is 0 Å². The number of carbonyl (C=O) groups excluding carboxylic acids is 1. The second-order valence-corrected chi connectivity index (χ2v) is 7.21. The van der Waals surface area contributed by atoms with Crippen molar-refractivity contribution >= 4 is 5.97 Å². The molecule has 122 valence electrons. The molecule has 1 saturated carbocycles. The van der Waals surface area contributed by atoms with Crippen molar-refractivity contribution in [3.05, 3.63) is 0 Å². The third-order valence-corrected chi connectivity index (χ3v) is 5.21. The summed E-state index contributed by atoms with van der Waals surface area (Å²) >= 11 is 0. The topological polar surface area (TPSA) is 41.6 Å². The molecule has 0 aromatic heterocycles. The molecule has 21 heavy (non-hydrogen) atoms. The van der Waals surface area contributed by atoms with Gasteiger partial charge in [-0.25, -0.2) is 0 Å². The highest BCUT2D eigenvalue weighted by atomic mass is 16.5. The minimum atomic E-state index is -0.516. The van der Waals surface area contributed by atoms with E-state index in [1.54, 1.807) is 0 Å². The third-order valence-electron chi connectivity index (χ3n) is 5.21. The van der Waals surface area contributed by atoms with Crippen molar-refractivity contribution in [1.82, 2.24) is 10.2 Å². The minimum Gasteiger partial charge on any atom is -0.468 e. The summed E-state index contributed by atoms with van der Waals surface area (Å²) in [6.45, 7) is 7.75. The Labute approximate surface area is 129 Å². The van der Waals surface area contributed by atoms with Crippen LogP contribution in [-0.4, -0.2) is 48.2 Å². The molecule has 0 aromatic carbocycles. The predicted octanol–water partition coefficient (Wildman–Crippen LogP) is 2.71. The Hall–Kier alpha value is -0.610. The first-order chi connectivity index (χ1) is 9.96. The summed E-state index contributed by atoms with van der Waals surface area (Å²) in [4.78, 5) is 14.7. The van der Waals surface area contributed by atoms with Gasteiger partial charge in [0.25, 0.3) is 0 Å². The largest absolute Gasteiger partial charge is 0.468 e. The van der Waals surface area contributed by atoms with E-state index in [0.29, 0.717) is 18.1 Å². The lowest BCUT2D eigenvalue weighted by molar-refractivity contribution is -0.148. The quantitative estimate of drug-likeness (QED) is 0.734. The van der Waals surface area contributed by atoms with Crippen LogP contribution in [0.25, 0.3) is 0 Å². The van der Waals surface area contributed by atoms with E-state index in [-0.39, 0.29) is 5.97 Å². The van der Waals surface area contributed by atoms with Gasteiger partial charge < -0.3 is 4.74 Å². The van der Waals surface area contributed by atoms with Crippen LogP contribution in [0.2, 0.25) is 0 Å². The SMILES string of the molecule is COC(=O)C(C)(CCCN1C(C)CCCC1C)NC1CC1. The summed E-state index contributed by atoms with van der Waals surface area (Å²) in [5.74, 6) is -0.117. The van der Waals surface area contributed by atoms with E-state index in [2.05, 4.69) is 24.1 Å². The lowest BCUT2D eigenvalue weighted by Crippen LogP contribution is -2.52. The summed E-state index contributed by atoms with van der Waals surface area (Å²) in [6.07, 6.45) is 8.23. The molecule has 1 aliphatic heterocycles. The fraction of sp³-hybridized carbons (Fsp3) is 0.941. The number of ether oxygens (including phenoxy) is 1. The number of rotatable bonds is 7. The summed E-state index contributed by atoms with van der Waals surface area (Å²) in [7, 11) is 1.49. The molecule has 3 atom stereocenters. The molecule has 1 aliphatic carbocycles. The van der Waals surface area contributed by atoms with Crippen molar-refractivity contribution in [2.45, 2.75) is 89.4 Å². The highest BCUT2D eigenvalue weighted by molar-refractivity contribution is 5.80. The molecule has 1 N–H and O–H groups in total. The molecule has 1 heterocycles. The average Bonchev–Trinajstić information content (AvgIpc) is 3.25. The maximum absolute atomic E-state index is 12.1. The first-order valence-corrected chi connectivity index (χ1v) is 8.58. The normalized spacial score (nSPS) is 29.9. The summed E-state index contributed by atoms with van der Waals surface area (Å²) in [5, 5.41) is 3.49. The number of piperidine rings is 1. The van der Waals surface area contributed by atoms with Gasteiger partial charge in [-0.3, -0.25) is 15.0 Å². The van der Waals surface area contributed by atoms with Crippen LogP contribution in [0.5, 0.6) is 0 Å². The highest BCUT2D eigenvalue weighted by Crippen LogP contribution is 2.27. The molecule has 1 saturated heterocycles. The van der Waals surface area contributed by atoms with Gasteiger partial charge >= 0.3 is 5.97 Å². The molecule has 2 fully saturated rings. The number of esters is 1. The van der Waals surface area contributed by atoms with E-state index in [0.717, 1.165) is 19.4 Å². The number of carbonyl (C=O) groups is 1. The summed E-state index contributed by atoms with van der Waals surface area (Å²) in [6, 6.07) is 1.87. The van der Waals surface area contributed by atoms with Crippen LogP contribution in [0.3, 0.4) is 0 Å². The lowest BCUT2D eigenvalue weighted by Gasteiger charge is -2.39. The second kappa shape index (κ2) is 7.10. The molecular weight excluding hydrogens is 264 g/mol. The molecule has 0 amide bonds. The van der Waals surface area contributed by atoms with Gasteiger partial charge in [0, 0.05) is 18.1 Å². The standard InChI is InChI=1S/C17H32N2O2/c1-13-7-5-8-14(2)19(13)12-6-11-17(3,16(20)21-4)18-15-9-10-15/h13-15,18H,5-12H2,1-4H3. The average molecular weight is 296 g/mol. The van der Waals surface area contributed by atoms with Gasteiger partial charge in [0.15, 0.2) is 0 Å². The number of nitrogens with one attached hydrogen (secondary N) is 1. The Balaban J connectivity index is 1.84. The Morgan fingerprint density at radius 2 is 1.86 bits per heavy atom. The molecule has 0 aromatic rings. The Bertz CT molecular complexity index is 347. The van der Waals surface area contributed by atoms with E-state index in [4.69, 9.17) is 4.74 Å². The Morgan fingerprint density at radius 1 is 1.24 bits per heavy atom. The fourth-order valence-electron chi connectivity index (χ4n) is 3.67. The van der Waals surface area contributed by atoms with Gasteiger partial charge in [0.05, 0.1) is 7.11 Å². The van der Waals surface area contributed by atoms with Crippen molar-refractivity contribution in [1.29, 1.82) is 0 Å². The lowest BCUT2D eigenvalue weighted by atomic mass is 9.93. The van der Waals surface area contributed by atoms with Crippen molar-refractivity contribution in [2.75, 3.05) is 13.7 Å². The van der Waals surface area contributed by atoms with Gasteiger partial charge in [0.1, 0.15) is 5.54 Å². The van der Waals surface area contributed by atoms with Crippen LogP contribution in [0.15, 0.2) is 0 Å². The first-order valence-electron chi connectivity index (χ1n) is 8.58. The molecule has 0 bridgehead atoms. The van der Waals surface area contributed by atoms with E-state index >= 15 is 0 Å². The summed E-state index contributed by atoms with van der Waals surface area (Å²) < 4.78 is 5.01. The Morgan fingerprint density at radius 3 is 2.38 bits per heavy atom. The van der Waals surface area contributed by atoms with Gasteiger partial charge in [-0.2, -0.15) is 0 Å². The Kier molecular flexibility index (Phi) is 5.67. The van der Waals surface area contributed by atoms with Crippen LogP contribution in [-0.2, 0) is 9.53 Å². The van der Waals surface area contributed by atoms with Crippen molar-refractivity contribution < 1.29 is 9.53 Å². The van der Waals surface area contributed by atoms with Crippen LogP contribution in [0.1, 0.15) is 65.7 Å². The molecule has 4 heteroatoms. The number of nitrogens with zero attached hydrogens (tertiary/aromatic N) is 1. The van der Waals surface area contributed by atoms with Crippen LogP contribution in [0.4, 0.5) is 0 Å². The second-order valence-electron chi connectivity index (χ2n) is 7.21. The summed E-state index contributed by atoms with van der Waals surface area (Å²) in [5.41, 5.74) is -0.516. The minimum absolute atomic E-state index is 0.117. The molecule has 2 aliphatic rings. The molecule has 2 rings (SSSR count). The first kappa shape index (κ1) is 16.8. The maximum atomic E-state index is 12.1. The number of hydrogen-bond donors (Lipinski definition) is 1. The molecule has 0 spiro atoms. The molecule has 4 nitrogen and oxygen atoms in total. The number of methoxy groups -OCH3 is 1. The van der Waals surface area contributed by atoms with Crippen LogP contribution < -0.4 is 5.32 Å². The van der Waals surface area contributed by atoms with Gasteiger partial charge in [-0.1, -0.05) is 6.42 Å². The monoisotopic (exact) mass is 296 g/mol. The molecule has 0 radical (unpaired) electrons. The predicted molar refractivity (Wildman–Crippen MR) is 85.3 cm³/mol. The fourth-order valence-corrected chi connectivity index (χ4v) is 3.67. The van der Waals surface area contributed by atoms with Gasteiger partial charge in [-0.05, 0) is 65.8 Å². The van der Waals surface area contributed by atoms with Crippen molar-refractivity contribution in [2.24, 2.45) is 0 Å². The van der Waals surface area contributed by atoms with Gasteiger partial charge in [-0.15, -0.1) is 0 Å². The van der Waals surface area contributed by atoms with E-state index in [1.807, 2.05) is 6.92 Å². The van der Waals surface area contributed by atoms with E-state index in [1.165, 1.54) is 39.2 Å². The zero-order valence-electron chi connectivity index (χ0n) is 14.2. The molecular formula is C17H32N2O2. The van der Waals surface area contributed by atoms with Crippen molar-refractivity contribution in [3.63, 3.8) is 0 Å². The maximum Gasteiger partial charge on any atom is 0.325 e. The smallest absolute Gasteiger partial charge is 0.325 e. The van der Waals surface area contributed by atoms with Gasteiger partial charge in [0.2, 0.25) is 0 Å². The number of likely N-dealkylation sites (tertiary alicyclic amines) is 1. The zero-order chi connectivity index (χ0) is 15.5. The van der Waals surface area contributed by atoms with E-state index < -0.39 is 5.54 Å². The third kappa shape index (κ3) is 4.43. The van der Waals surface area contributed by atoms with E-state index in [9.17, 15) is 4.79 Å². The zero-order valence-corrected chi connectivity index (χ0v) is 14.2. The highest BCUT2D eigenvalue weighted by Gasteiger charge is 2.39. The number of hydrogen-bond acceptors (Lipinski definition) is 4. The van der Waals surface area contributed by atoms with Crippen LogP contribution in [0, 0.1) is 0 Å².